The van der Waals surface area contributed by atoms with E-state index in [9.17, 15) is 13.2 Å². The van der Waals surface area contributed by atoms with E-state index >= 15 is 0 Å². The molecule has 0 spiro atoms. The van der Waals surface area contributed by atoms with Crippen LogP contribution in [0.5, 0.6) is 0 Å². The van der Waals surface area contributed by atoms with Gasteiger partial charge < -0.3 is 10.6 Å². The first-order valence-corrected chi connectivity index (χ1v) is 8.97. The quantitative estimate of drug-likeness (QED) is 0.762. The molecule has 7 heteroatoms. The summed E-state index contributed by atoms with van der Waals surface area (Å²) in [6.45, 7) is 5.15. The molecule has 2 rings (SSSR count). The number of benzene rings is 1. The minimum atomic E-state index is -3.54. The zero-order valence-electron chi connectivity index (χ0n) is 12.9. The molecule has 1 fully saturated rings. The Morgan fingerprint density at radius 2 is 2.00 bits per heavy atom. The second-order valence-corrected chi connectivity index (χ2v) is 7.44. The number of carbonyl (C=O) groups is 1. The normalized spacial score (nSPS) is 20.4. The lowest BCUT2D eigenvalue weighted by Crippen LogP contribution is -2.44. The first-order valence-electron chi connectivity index (χ1n) is 7.49. The van der Waals surface area contributed by atoms with E-state index in [1.165, 1.54) is 19.1 Å². The number of carbonyl (C=O) groups excluding carboxylic acids is 1. The van der Waals surface area contributed by atoms with Crippen molar-refractivity contribution in [1.29, 1.82) is 0 Å². The van der Waals surface area contributed by atoms with Crippen molar-refractivity contribution in [2.75, 3.05) is 18.4 Å². The largest absolute Gasteiger partial charge is 0.326 e. The molecule has 0 saturated carbocycles. The fraction of sp³-hybridized carbons (Fsp3) is 0.533. The molecule has 122 valence electrons. The third-order valence-corrected chi connectivity index (χ3v) is 5.44. The van der Waals surface area contributed by atoms with Gasteiger partial charge in [-0.2, -0.15) is 0 Å². The monoisotopic (exact) mass is 325 g/mol. The van der Waals surface area contributed by atoms with Gasteiger partial charge in [0.15, 0.2) is 0 Å². The topological polar surface area (TPSA) is 87.3 Å². The van der Waals surface area contributed by atoms with Crippen LogP contribution in [0, 0.1) is 5.92 Å². The van der Waals surface area contributed by atoms with Crippen molar-refractivity contribution in [2.45, 2.75) is 37.6 Å². The maximum atomic E-state index is 12.4. The van der Waals surface area contributed by atoms with Crippen LogP contribution in [-0.4, -0.2) is 33.5 Å². The van der Waals surface area contributed by atoms with E-state index in [0.29, 0.717) is 11.6 Å². The van der Waals surface area contributed by atoms with Crippen LogP contribution in [0.25, 0.3) is 0 Å². The van der Waals surface area contributed by atoms with Gasteiger partial charge in [0, 0.05) is 18.7 Å². The molecule has 1 heterocycles. The Morgan fingerprint density at radius 3 is 2.55 bits per heavy atom. The van der Waals surface area contributed by atoms with E-state index in [-0.39, 0.29) is 16.8 Å². The van der Waals surface area contributed by atoms with E-state index in [4.69, 9.17) is 0 Å². The van der Waals surface area contributed by atoms with Gasteiger partial charge >= 0.3 is 0 Å². The molecule has 1 aromatic carbocycles. The molecule has 6 nitrogen and oxygen atoms in total. The van der Waals surface area contributed by atoms with Crippen LogP contribution < -0.4 is 15.4 Å². The molecule has 1 aliphatic rings. The summed E-state index contributed by atoms with van der Waals surface area (Å²) < 4.78 is 27.5. The third-order valence-electron chi connectivity index (χ3n) is 3.87. The summed E-state index contributed by atoms with van der Waals surface area (Å²) in [5, 5.41) is 5.91. The summed E-state index contributed by atoms with van der Waals surface area (Å²) >= 11 is 0. The lowest BCUT2D eigenvalue weighted by Gasteiger charge is -2.28. The average Bonchev–Trinajstić information content (AvgIpc) is 2.47. The highest BCUT2D eigenvalue weighted by Crippen LogP contribution is 2.18. The molecule has 22 heavy (non-hydrogen) atoms. The molecular weight excluding hydrogens is 302 g/mol. The standard InChI is InChI=1S/C15H23N3O3S/c1-11(13-4-3-9-16-10-13)18-22(20,21)15-7-5-14(6-8-15)17-12(2)19/h5-8,11,13,16,18H,3-4,9-10H2,1-2H3,(H,17,19). The number of nitrogens with one attached hydrogen (secondary N) is 3. The highest BCUT2D eigenvalue weighted by atomic mass is 32.2. The van der Waals surface area contributed by atoms with Crippen molar-refractivity contribution in [2.24, 2.45) is 5.92 Å². The minimum Gasteiger partial charge on any atom is -0.326 e. The summed E-state index contributed by atoms with van der Waals surface area (Å²) in [5.41, 5.74) is 0.580. The summed E-state index contributed by atoms with van der Waals surface area (Å²) in [7, 11) is -3.54. The molecule has 1 aliphatic heterocycles. The summed E-state index contributed by atoms with van der Waals surface area (Å²) in [4.78, 5) is 11.2. The van der Waals surface area contributed by atoms with E-state index < -0.39 is 10.0 Å². The maximum absolute atomic E-state index is 12.4. The summed E-state index contributed by atoms with van der Waals surface area (Å²) in [6.07, 6.45) is 2.10. The lowest BCUT2D eigenvalue weighted by molar-refractivity contribution is -0.114. The van der Waals surface area contributed by atoms with Gasteiger partial charge in [-0.3, -0.25) is 4.79 Å². The van der Waals surface area contributed by atoms with Crippen LogP contribution in [-0.2, 0) is 14.8 Å². The zero-order chi connectivity index (χ0) is 16.2. The van der Waals surface area contributed by atoms with Gasteiger partial charge in [0.05, 0.1) is 4.90 Å². The second kappa shape index (κ2) is 7.21. The molecular formula is C15H23N3O3S. The molecule has 1 aromatic rings. The van der Waals surface area contributed by atoms with Crippen molar-refractivity contribution in [3.05, 3.63) is 24.3 Å². The van der Waals surface area contributed by atoms with Crippen LogP contribution >= 0.6 is 0 Å². The molecule has 0 aromatic heterocycles. The predicted molar refractivity (Wildman–Crippen MR) is 86.1 cm³/mol. The summed E-state index contributed by atoms with van der Waals surface area (Å²) in [6, 6.07) is 6.05. The molecule has 3 N–H and O–H groups in total. The number of anilines is 1. The van der Waals surface area contributed by atoms with Gasteiger partial charge in [0.25, 0.3) is 0 Å². The van der Waals surface area contributed by atoms with Gasteiger partial charge in [0.1, 0.15) is 0 Å². The van der Waals surface area contributed by atoms with E-state index in [1.807, 2.05) is 6.92 Å². The number of rotatable bonds is 5. The number of amides is 1. The van der Waals surface area contributed by atoms with E-state index in [1.54, 1.807) is 12.1 Å². The Bertz CT molecular complexity index is 607. The van der Waals surface area contributed by atoms with E-state index in [2.05, 4.69) is 15.4 Å². The first kappa shape index (κ1) is 16.9. The molecule has 0 bridgehead atoms. The maximum Gasteiger partial charge on any atom is 0.240 e. The van der Waals surface area contributed by atoms with Gasteiger partial charge in [-0.05, 0) is 63.0 Å². The van der Waals surface area contributed by atoms with Crippen LogP contribution in [0.3, 0.4) is 0 Å². The highest BCUT2D eigenvalue weighted by Gasteiger charge is 2.25. The predicted octanol–water partition coefficient (Wildman–Crippen LogP) is 1.31. The van der Waals surface area contributed by atoms with Crippen molar-refractivity contribution in [3.63, 3.8) is 0 Å². The van der Waals surface area contributed by atoms with Gasteiger partial charge in [-0.25, -0.2) is 13.1 Å². The highest BCUT2D eigenvalue weighted by molar-refractivity contribution is 7.89. The Kier molecular flexibility index (Phi) is 5.55. The number of hydrogen-bond donors (Lipinski definition) is 3. The lowest BCUT2D eigenvalue weighted by atomic mass is 9.94. The smallest absolute Gasteiger partial charge is 0.240 e. The first-order chi connectivity index (χ1) is 10.4. The Hall–Kier alpha value is -1.44. The number of sulfonamides is 1. The van der Waals surface area contributed by atoms with E-state index in [0.717, 1.165) is 25.9 Å². The molecule has 2 unspecified atom stereocenters. The van der Waals surface area contributed by atoms with Crippen LogP contribution in [0.15, 0.2) is 29.2 Å². The van der Waals surface area contributed by atoms with Gasteiger partial charge in [-0.1, -0.05) is 0 Å². The average molecular weight is 325 g/mol. The van der Waals surface area contributed by atoms with Crippen LogP contribution in [0.2, 0.25) is 0 Å². The Labute approximate surface area is 131 Å². The molecule has 1 saturated heterocycles. The number of piperidine rings is 1. The second-order valence-electron chi connectivity index (χ2n) is 5.72. The zero-order valence-corrected chi connectivity index (χ0v) is 13.7. The molecule has 1 amide bonds. The van der Waals surface area contributed by atoms with Crippen LogP contribution in [0.1, 0.15) is 26.7 Å². The van der Waals surface area contributed by atoms with Gasteiger partial charge in [-0.15, -0.1) is 0 Å². The van der Waals surface area contributed by atoms with Crippen molar-refractivity contribution in [3.8, 4) is 0 Å². The van der Waals surface area contributed by atoms with Crippen molar-refractivity contribution in [1.82, 2.24) is 10.0 Å². The van der Waals surface area contributed by atoms with Crippen LogP contribution in [0.4, 0.5) is 5.69 Å². The minimum absolute atomic E-state index is 0.118. The Balaban J connectivity index is 2.04. The fourth-order valence-electron chi connectivity index (χ4n) is 2.64. The number of hydrogen-bond acceptors (Lipinski definition) is 4. The molecule has 0 aliphatic carbocycles. The third kappa shape index (κ3) is 4.53. The molecule has 0 radical (unpaired) electrons. The summed E-state index contributed by atoms with van der Waals surface area (Å²) in [5.74, 6) is 0.120. The SMILES string of the molecule is CC(=O)Nc1ccc(S(=O)(=O)NC(C)C2CCCNC2)cc1. The Morgan fingerprint density at radius 1 is 1.32 bits per heavy atom. The van der Waals surface area contributed by atoms with Crippen molar-refractivity contribution >= 4 is 21.6 Å². The fourth-order valence-corrected chi connectivity index (χ4v) is 3.95. The van der Waals surface area contributed by atoms with Gasteiger partial charge in [0.2, 0.25) is 15.9 Å². The van der Waals surface area contributed by atoms with Crippen molar-refractivity contribution < 1.29 is 13.2 Å². The molecule has 2 atom stereocenters.